The van der Waals surface area contributed by atoms with E-state index in [1.165, 1.54) is 12.7 Å². The van der Waals surface area contributed by atoms with Crippen LogP contribution in [0.25, 0.3) is 0 Å². The molecule has 0 N–H and O–H groups in total. The Bertz CT molecular complexity index is 713. The lowest BCUT2D eigenvalue weighted by Crippen LogP contribution is -2.58. The summed E-state index contributed by atoms with van der Waals surface area (Å²) in [6.45, 7) is 5.48. The Hall–Kier alpha value is -2.37. The first-order chi connectivity index (χ1) is 11.8. The predicted octanol–water partition coefficient (Wildman–Crippen LogP) is 1.64. The number of hydrogen-bond donors (Lipinski definition) is 0. The van der Waals surface area contributed by atoms with Crippen LogP contribution in [0.1, 0.15) is 43.9 Å². The van der Waals surface area contributed by atoms with Crippen molar-refractivity contribution in [2.75, 3.05) is 26.7 Å². The van der Waals surface area contributed by atoms with Gasteiger partial charge in [0.2, 0.25) is 11.8 Å². The number of methoxy groups -OCH3 is 1. The van der Waals surface area contributed by atoms with E-state index < -0.39 is 5.97 Å². The summed E-state index contributed by atoms with van der Waals surface area (Å²) in [5, 5.41) is 0. The molecular formula is C19H24N2O4. The van der Waals surface area contributed by atoms with Crippen LogP contribution in [0.5, 0.6) is 0 Å². The molecule has 1 fully saturated rings. The van der Waals surface area contributed by atoms with Crippen LogP contribution >= 0.6 is 0 Å². The Morgan fingerprint density at radius 2 is 1.96 bits per heavy atom. The first-order valence-electron chi connectivity index (χ1n) is 8.57. The second-order valence-electron chi connectivity index (χ2n) is 7.36. The summed E-state index contributed by atoms with van der Waals surface area (Å²) in [6, 6.07) is 8.02. The maximum Gasteiger partial charge on any atom is 0.306 e. The number of hydrogen-bond acceptors (Lipinski definition) is 4. The van der Waals surface area contributed by atoms with Gasteiger partial charge in [0.1, 0.15) is 0 Å². The summed E-state index contributed by atoms with van der Waals surface area (Å²) < 4.78 is 4.58. The van der Waals surface area contributed by atoms with Crippen LogP contribution in [-0.4, -0.2) is 54.3 Å². The fraction of sp³-hybridized carbons (Fsp3) is 0.526. The van der Waals surface area contributed by atoms with E-state index in [1.807, 2.05) is 23.1 Å². The minimum atomic E-state index is -0.414. The molecule has 25 heavy (non-hydrogen) atoms. The Labute approximate surface area is 147 Å². The van der Waals surface area contributed by atoms with Crippen LogP contribution in [-0.2, 0) is 24.5 Å². The molecule has 1 aromatic rings. The van der Waals surface area contributed by atoms with Gasteiger partial charge in [-0.2, -0.15) is 0 Å². The number of nitrogens with zero attached hydrogens (tertiary/aromatic N) is 2. The van der Waals surface area contributed by atoms with Crippen molar-refractivity contribution in [3.8, 4) is 0 Å². The van der Waals surface area contributed by atoms with Crippen molar-refractivity contribution in [1.82, 2.24) is 9.80 Å². The lowest BCUT2D eigenvalue weighted by Gasteiger charge is -2.49. The van der Waals surface area contributed by atoms with Crippen LogP contribution in [0.3, 0.4) is 0 Å². The Kier molecular flexibility index (Phi) is 4.54. The van der Waals surface area contributed by atoms with Gasteiger partial charge < -0.3 is 14.5 Å². The number of fused-ring (bicyclic) bond motifs is 3. The highest BCUT2D eigenvalue weighted by atomic mass is 16.5. The topological polar surface area (TPSA) is 66.9 Å². The smallest absolute Gasteiger partial charge is 0.306 e. The highest BCUT2D eigenvalue weighted by Crippen LogP contribution is 2.41. The Morgan fingerprint density at radius 3 is 2.68 bits per heavy atom. The molecule has 1 aromatic carbocycles. The molecule has 0 saturated carbocycles. The molecule has 2 heterocycles. The largest absolute Gasteiger partial charge is 0.469 e. The van der Waals surface area contributed by atoms with E-state index in [-0.39, 0.29) is 42.7 Å². The van der Waals surface area contributed by atoms with E-state index in [0.29, 0.717) is 13.1 Å². The van der Waals surface area contributed by atoms with E-state index in [9.17, 15) is 14.4 Å². The van der Waals surface area contributed by atoms with E-state index in [0.717, 1.165) is 5.56 Å². The van der Waals surface area contributed by atoms with Crippen molar-refractivity contribution >= 4 is 17.8 Å². The van der Waals surface area contributed by atoms with Crippen molar-refractivity contribution in [2.24, 2.45) is 0 Å². The van der Waals surface area contributed by atoms with E-state index in [2.05, 4.69) is 24.7 Å². The molecule has 134 valence electrons. The third-order valence-electron chi connectivity index (χ3n) is 5.15. The molecule has 1 atom stereocenters. The summed E-state index contributed by atoms with van der Waals surface area (Å²) in [6.07, 6.45) is 0.109. The van der Waals surface area contributed by atoms with Gasteiger partial charge in [-0.25, -0.2) is 0 Å². The Morgan fingerprint density at radius 1 is 1.24 bits per heavy atom. The van der Waals surface area contributed by atoms with Crippen LogP contribution < -0.4 is 0 Å². The average molecular weight is 344 g/mol. The fourth-order valence-corrected chi connectivity index (χ4v) is 3.84. The SMILES string of the molecule is COC(=O)CCC(=O)N1CC(=O)N2CC(C)(C)c3ccccc3C2C1. The number of piperazine rings is 1. The molecular weight excluding hydrogens is 320 g/mol. The third kappa shape index (κ3) is 3.25. The number of carbonyl (C=O) groups excluding carboxylic acids is 3. The van der Waals surface area contributed by atoms with Crippen molar-refractivity contribution in [2.45, 2.75) is 38.1 Å². The molecule has 0 aromatic heterocycles. The molecule has 0 aliphatic carbocycles. The molecule has 6 nitrogen and oxygen atoms in total. The zero-order chi connectivity index (χ0) is 18.2. The molecule has 6 heteroatoms. The summed E-state index contributed by atoms with van der Waals surface area (Å²) >= 11 is 0. The monoisotopic (exact) mass is 344 g/mol. The number of ether oxygens (including phenoxy) is 1. The maximum absolute atomic E-state index is 12.7. The lowest BCUT2D eigenvalue weighted by atomic mass is 9.75. The average Bonchev–Trinajstić information content (AvgIpc) is 2.60. The van der Waals surface area contributed by atoms with Gasteiger partial charge in [-0.05, 0) is 11.1 Å². The van der Waals surface area contributed by atoms with Crippen molar-refractivity contribution in [3.05, 3.63) is 35.4 Å². The highest BCUT2D eigenvalue weighted by Gasteiger charge is 2.43. The normalized spacial score (nSPS) is 21.4. The predicted molar refractivity (Wildman–Crippen MR) is 91.8 cm³/mol. The quantitative estimate of drug-likeness (QED) is 0.782. The van der Waals surface area contributed by atoms with E-state index >= 15 is 0 Å². The van der Waals surface area contributed by atoms with Crippen LogP contribution in [0.2, 0.25) is 0 Å². The first-order valence-corrected chi connectivity index (χ1v) is 8.57. The molecule has 3 rings (SSSR count). The van der Waals surface area contributed by atoms with Crippen LogP contribution in [0, 0.1) is 0 Å². The van der Waals surface area contributed by atoms with E-state index in [1.54, 1.807) is 4.90 Å². The van der Waals surface area contributed by atoms with Crippen LogP contribution in [0.15, 0.2) is 24.3 Å². The Balaban J connectivity index is 1.82. The van der Waals surface area contributed by atoms with Gasteiger partial charge in [0.25, 0.3) is 0 Å². The fourth-order valence-electron chi connectivity index (χ4n) is 3.84. The number of carbonyl (C=O) groups is 3. The first kappa shape index (κ1) is 17.5. The molecule has 0 radical (unpaired) electrons. The van der Waals surface area contributed by atoms with Gasteiger partial charge in [0, 0.05) is 24.9 Å². The minimum Gasteiger partial charge on any atom is -0.469 e. The number of rotatable bonds is 3. The second-order valence-corrected chi connectivity index (χ2v) is 7.36. The van der Waals surface area contributed by atoms with Gasteiger partial charge in [-0.15, -0.1) is 0 Å². The van der Waals surface area contributed by atoms with Gasteiger partial charge in [-0.3, -0.25) is 14.4 Å². The third-order valence-corrected chi connectivity index (χ3v) is 5.15. The molecule has 0 bridgehead atoms. The number of benzene rings is 1. The van der Waals surface area contributed by atoms with Gasteiger partial charge in [0.05, 0.1) is 26.1 Å². The molecule has 2 aliphatic heterocycles. The van der Waals surface area contributed by atoms with Crippen molar-refractivity contribution in [1.29, 1.82) is 0 Å². The number of amides is 2. The van der Waals surface area contributed by atoms with Crippen molar-refractivity contribution in [3.63, 3.8) is 0 Å². The van der Waals surface area contributed by atoms with Gasteiger partial charge in [0.15, 0.2) is 0 Å². The zero-order valence-corrected chi connectivity index (χ0v) is 14.9. The van der Waals surface area contributed by atoms with Crippen molar-refractivity contribution < 1.29 is 19.1 Å². The lowest BCUT2D eigenvalue weighted by molar-refractivity contribution is -0.151. The second kappa shape index (κ2) is 6.50. The maximum atomic E-state index is 12.7. The van der Waals surface area contributed by atoms with E-state index in [4.69, 9.17) is 0 Å². The van der Waals surface area contributed by atoms with Gasteiger partial charge >= 0.3 is 5.97 Å². The molecule has 2 amide bonds. The highest BCUT2D eigenvalue weighted by molar-refractivity contribution is 5.88. The zero-order valence-electron chi connectivity index (χ0n) is 14.9. The standard InChI is InChI=1S/C19H24N2O4/c1-19(2)12-21-15(13-6-4-5-7-14(13)19)10-20(11-17(21)23)16(22)8-9-18(24)25-3/h4-7,15H,8-12H2,1-3H3. The molecule has 1 unspecified atom stereocenters. The van der Waals surface area contributed by atoms with Gasteiger partial charge in [-0.1, -0.05) is 38.1 Å². The molecule has 0 spiro atoms. The molecule has 2 aliphatic rings. The summed E-state index contributed by atoms with van der Waals surface area (Å²) in [4.78, 5) is 39.8. The molecule has 1 saturated heterocycles. The van der Waals surface area contributed by atoms with Crippen LogP contribution in [0.4, 0.5) is 0 Å². The minimum absolute atomic E-state index is 0.0368. The summed E-state index contributed by atoms with van der Waals surface area (Å²) in [5.41, 5.74) is 2.23. The summed E-state index contributed by atoms with van der Waals surface area (Å²) in [7, 11) is 1.30. The summed E-state index contributed by atoms with van der Waals surface area (Å²) in [5.74, 6) is -0.631. The number of esters is 1.